The predicted molar refractivity (Wildman–Crippen MR) is 66.8 cm³/mol. The van der Waals surface area contributed by atoms with Crippen LogP contribution in [-0.2, 0) is 6.42 Å². The Labute approximate surface area is 106 Å². The number of fused-ring (bicyclic) bond motifs is 1. The number of nitrogen functional groups attached to an aromatic ring is 1. The molecular formula is C13H14N2OS. The lowest BCUT2D eigenvalue weighted by atomic mass is 9.71. The van der Waals surface area contributed by atoms with Crippen molar-refractivity contribution in [1.82, 2.24) is 0 Å². The second-order valence-corrected chi connectivity index (χ2v) is 6.12. The molecule has 1 unspecified atom stereocenters. The van der Waals surface area contributed by atoms with Crippen molar-refractivity contribution in [1.29, 1.82) is 5.26 Å². The zero-order chi connectivity index (χ0) is 12.9. The molecule has 2 aliphatic rings. The summed E-state index contributed by atoms with van der Waals surface area (Å²) in [5.41, 5.74) is 5.63. The molecule has 0 spiro atoms. The van der Waals surface area contributed by atoms with E-state index in [1.54, 1.807) is 0 Å². The molecule has 0 saturated heterocycles. The van der Waals surface area contributed by atoms with Crippen LogP contribution in [0.2, 0.25) is 0 Å². The van der Waals surface area contributed by atoms with Gasteiger partial charge in [0.1, 0.15) is 5.41 Å². The molecule has 0 aliphatic heterocycles. The molecule has 0 aromatic carbocycles. The first kappa shape index (κ1) is 9.67. The number of nitrogens with zero attached hydrogens (tertiary/aromatic N) is 1. The van der Waals surface area contributed by atoms with Crippen LogP contribution in [0.5, 0.6) is 0 Å². The molecule has 3 rings (SSSR count). The van der Waals surface area contributed by atoms with Crippen LogP contribution in [0.1, 0.15) is 42.3 Å². The van der Waals surface area contributed by atoms with Gasteiger partial charge in [0, 0.05) is 0 Å². The normalized spacial score (nSPS) is 28.4. The van der Waals surface area contributed by atoms with Gasteiger partial charge in [-0.15, -0.1) is 11.3 Å². The SMILES string of the molecule is [2H]c1c(N)sc2c1CCC(C#N)(CC1CC1)C2=O. The number of carbonyl (C=O) groups is 1. The summed E-state index contributed by atoms with van der Waals surface area (Å²) in [5, 5.41) is 9.84. The van der Waals surface area contributed by atoms with Crippen LogP contribution < -0.4 is 5.73 Å². The highest BCUT2D eigenvalue weighted by Gasteiger charge is 2.47. The third-order valence-corrected chi connectivity index (χ3v) is 4.71. The van der Waals surface area contributed by atoms with E-state index in [1.807, 2.05) is 0 Å². The van der Waals surface area contributed by atoms with Crippen molar-refractivity contribution >= 4 is 22.1 Å². The first-order valence-electron chi connectivity index (χ1n) is 6.41. The van der Waals surface area contributed by atoms with Crippen molar-refractivity contribution in [3.8, 4) is 6.07 Å². The summed E-state index contributed by atoms with van der Waals surface area (Å²) < 4.78 is 7.83. The monoisotopic (exact) mass is 247 g/mol. The molecule has 1 heterocycles. The van der Waals surface area contributed by atoms with E-state index in [0.717, 1.165) is 18.4 Å². The summed E-state index contributed by atoms with van der Waals surface area (Å²) in [7, 11) is 0. The molecule has 1 fully saturated rings. The van der Waals surface area contributed by atoms with E-state index in [-0.39, 0.29) is 5.78 Å². The number of ketones is 1. The smallest absolute Gasteiger partial charge is 0.193 e. The molecule has 2 aliphatic carbocycles. The van der Waals surface area contributed by atoms with Gasteiger partial charge < -0.3 is 5.73 Å². The van der Waals surface area contributed by atoms with Gasteiger partial charge in [-0.1, -0.05) is 12.8 Å². The fourth-order valence-electron chi connectivity index (χ4n) is 2.59. The van der Waals surface area contributed by atoms with E-state index < -0.39 is 5.41 Å². The van der Waals surface area contributed by atoms with Crippen LogP contribution in [0.15, 0.2) is 6.04 Å². The Morgan fingerprint density at radius 1 is 1.71 bits per heavy atom. The van der Waals surface area contributed by atoms with Crippen LogP contribution in [0.3, 0.4) is 0 Å². The van der Waals surface area contributed by atoms with Crippen LogP contribution >= 0.6 is 11.3 Å². The number of nitriles is 1. The number of thiophene rings is 1. The van der Waals surface area contributed by atoms with Gasteiger partial charge in [-0.3, -0.25) is 4.79 Å². The zero-order valence-corrected chi connectivity index (χ0v) is 10.3. The standard InChI is InChI=1S/C13H14N2OS/c14-7-13(6-8-1-2-8)4-3-9-5-10(15)17-11(9)12(13)16/h5,8H,1-4,6,15H2/i5D. The number of carbonyl (C=O) groups excluding carboxylic acids is 1. The van der Waals surface area contributed by atoms with Crippen molar-refractivity contribution in [2.75, 3.05) is 5.73 Å². The van der Waals surface area contributed by atoms with Gasteiger partial charge in [-0.25, -0.2) is 0 Å². The van der Waals surface area contributed by atoms with E-state index in [2.05, 4.69) is 6.07 Å². The zero-order valence-electron chi connectivity index (χ0n) is 10.5. The number of Topliss-reactive ketones (excluding diaryl/α,β-unsaturated/α-hetero) is 1. The maximum absolute atomic E-state index is 12.5. The van der Waals surface area contributed by atoms with Crippen LogP contribution in [0, 0.1) is 22.7 Å². The van der Waals surface area contributed by atoms with Crippen LogP contribution in [0.4, 0.5) is 5.00 Å². The first-order chi connectivity index (χ1) is 8.57. The fourth-order valence-corrected chi connectivity index (χ4v) is 3.55. The minimum Gasteiger partial charge on any atom is -0.391 e. The Morgan fingerprint density at radius 3 is 3.12 bits per heavy atom. The van der Waals surface area contributed by atoms with Gasteiger partial charge in [0.15, 0.2) is 5.78 Å². The Balaban J connectivity index is 2.02. The molecule has 1 aromatic heterocycles. The molecule has 0 bridgehead atoms. The minimum absolute atomic E-state index is 0.0895. The highest BCUT2D eigenvalue weighted by Crippen LogP contribution is 2.48. The number of hydrogen-bond donors (Lipinski definition) is 1. The average molecular weight is 247 g/mol. The molecule has 2 N–H and O–H groups in total. The summed E-state index contributed by atoms with van der Waals surface area (Å²) in [6.07, 6.45) is 4.15. The van der Waals surface area contributed by atoms with Gasteiger partial charge in [0.25, 0.3) is 0 Å². The van der Waals surface area contributed by atoms with Crippen LogP contribution in [0.25, 0.3) is 0 Å². The fraction of sp³-hybridized carbons (Fsp3) is 0.538. The third-order valence-electron chi connectivity index (χ3n) is 3.75. The second kappa shape index (κ2) is 3.58. The Bertz CT molecular complexity index is 570. The van der Waals surface area contributed by atoms with Crippen molar-refractivity contribution in [3.05, 3.63) is 16.5 Å². The number of nitrogens with two attached hydrogens (primary N) is 1. The van der Waals surface area contributed by atoms with Gasteiger partial charge in [0.05, 0.1) is 17.3 Å². The summed E-state index contributed by atoms with van der Waals surface area (Å²) in [6.45, 7) is 0. The minimum atomic E-state index is -0.849. The molecule has 3 nitrogen and oxygen atoms in total. The van der Waals surface area contributed by atoms with Crippen molar-refractivity contribution in [3.63, 3.8) is 0 Å². The van der Waals surface area contributed by atoms with Gasteiger partial charge in [0.2, 0.25) is 0 Å². The molecule has 0 radical (unpaired) electrons. The highest BCUT2D eigenvalue weighted by molar-refractivity contribution is 7.18. The largest absolute Gasteiger partial charge is 0.391 e. The summed E-state index contributed by atoms with van der Waals surface area (Å²) in [4.78, 5) is 13.1. The number of anilines is 1. The van der Waals surface area contributed by atoms with E-state index in [0.29, 0.717) is 41.1 Å². The Morgan fingerprint density at radius 2 is 2.47 bits per heavy atom. The van der Waals surface area contributed by atoms with Crippen molar-refractivity contribution < 1.29 is 6.17 Å². The van der Waals surface area contributed by atoms with Crippen molar-refractivity contribution in [2.45, 2.75) is 32.1 Å². The van der Waals surface area contributed by atoms with E-state index in [9.17, 15) is 10.1 Å². The van der Waals surface area contributed by atoms with Crippen LogP contribution in [-0.4, -0.2) is 5.78 Å². The Hall–Kier alpha value is -1.34. The maximum Gasteiger partial charge on any atom is 0.193 e. The number of hydrogen-bond acceptors (Lipinski definition) is 4. The van der Waals surface area contributed by atoms with E-state index >= 15 is 0 Å². The topological polar surface area (TPSA) is 66.9 Å². The van der Waals surface area contributed by atoms with E-state index in [4.69, 9.17) is 7.10 Å². The van der Waals surface area contributed by atoms with E-state index in [1.165, 1.54) is 11.3 Å². The summed E-state index contributed by atoms with van der Waals surface area (Å²) in [5.74, 6) is 0.455. The van der Waals surface area contributed by atoms with Gasteiger partial charge in [-0.2, -0.15) is 5.26 Å². The number of rotatable bonds is 2. The first-order valence-corrected chi connectivity index (χ1v) is 6.73. The summed E-state index contributed by atoms with van der Waals surface area (Å²) in [6, 6.07) is 2.56. The molecule has 0 amide bonds. The molecule has 1 atom stereocenters. The lowest BCUT2D eigenvalue weighted by molar-refractivity contribution is 0.0821. The summed E-state index contributed by atoms with van der Waals surface area (Å²) >= 11 is 1.18. The molecular weight excluding hydrogens is 232 g/mol. The maximum atomic E-state index is 12.5. The molecule has 17 heavy (non-hydrogen) atoms. The second-order valence-electron chi connectivity index (χ2n) is 5.07. The molecule has 88 valence electrons. The third kappa shape index (κ3) is 1.66. The van der Waals surface area contributed by atoms with Crippen molar-refractivity contribution in [2.24, 2.45) is 11.3 Å². The quantitative estimate of drug-likeness (QED) is 0.873. The lowest BCUT2D eigenvalue weighted by Crippen LogP contribution is -2.34. The van der Waals surface area contributed by atoms with Gasteiger partial charge >= 0.3 is 0 Å². The Kier molecular flexibility index (Phi) is 2.03. The predicted octanol–water partition coefficient (Wildman–Crippen LogP) is 2.77. The molecule has 4 heteroatoms. The molecule has 1 saturated carbocycles. The molecule has 1 aromatic rings. The van der Waals surface area contributed by atoms with Gasteiger partial charge in [-0.05, 0) is 36.8 Å². The lowest BCUT2D eigenvalue weighted by Gasteiger charge is -2.28. The highest BCUT2D eigenvalue weighted by atomic mass is 32.1. The average Bonchev–Trinajstić information content (AvgIpc) is 3.12.